The first kappa shape index (κ1) is 18.3. The number of benzene rings is 1. The minimum atomic E-state index is -3.65. The predicted molar refractivity (Wildman–Crippen MR) is 86.0 cm³/mol. The van der Waals surface area contributed by atoms with Crippen LogP contribution in [0.1, 0.15) is 6.42 Å². The van der Waals surface area contributed by atoms with Crippen LogP contribution in [0.25, 0.3) is 0 Å². The summed E-state index contributed by atoms with van der Waals surface area (Å²) in [6.07, 6.45) is 2.84. The molecule has 0 aliphatic carbocycles. The van der Waals surface area contributed by atoms with E-state index >= 15 is 0 Å². The Kier molecular flexibility index (Phi) is 6.96. The van der Waals surface area contributed by atoms with Gasteiger partial charge in [0, 0.05) is 18.1 Å². The molecular weight excluding hydrogens is 335 g/mol. The van der Waals surface area contributed by atoms with Crippen molar-refractivity contribution in [1.29, 1.82) is 0 Å². The van der Waals surface area contributed by atoms with Gasteiger partial charge in [0.1, 0.15) is 10.6 Å². The van der Waals surface area contributed by atoms with Crippen LogP contribution in [0.15, 0.2) is 34.7 Å². The van der Waals surface area contributed by atoms with Gasteiger partial charge in [0.2, 0.25) is 10.0 Å². The molecular formula is C13H18Cl2N2O3S. The quantitative estimate of drug-likeness (QED) is 0.795. The smallest absolute Gasteiger partial charge is 0.244 e. The molecule has 21 heavy (non-hydrogen) atoms. The van der Waals surface area contributed by atoms with Crippen molar-refractivity contribution < 1.29 is 13.2 Å². The molecule has 1 aliphatic heterocycles. The fraction of sp³-hybridized carbons (Fsp3) is 0.385. The molecule has 1 aliphatic rings. The standard InChI is InChI=1S/C13H17ClN2O3S.ClH/c1-19-12-3-2-11(14)8-13(12)20(17,18)16-9-10-4-6-15-7-5-10;/h2-4,8,15-16H,5-7,9H2,1H3;1H. The number of sulfonamides is 1. The first-order chi connectivity index (χ1) is 9.53. The van der Waals surface area contributed by atoms with Crippen LogP contribution in [0.5, 0.6) is 5.75 Å². The van der Waals surface area contributed by atoms with Crippen molar-refractivity contribution in [3.05, 3.63) is 34.9 Å². The van der Waals surface area contributed by atoms with Gasteiger partial charge in [-0.25, -0.2) is 13.1 Å². The van der Waals surface area contributed by atoms with E-state index in [0.717, 1.165) is 25.1 Å². The molecule has 2 N–H and O–H groups in total. The van der Waals surface area contributed by atoms with Crippen molar-refractivity contribution >= 4 is 34.0 Å². The second kappa shape index (κ2) is 8.00. The summed E-state index contributed by atoms with van der Waals surface area (Å²) in [4.78, 5) is 0.0574. The zero-order chi connectivity index (χ0) is 14.6. The third kappa shape index (κ3) is 4.86. The van der Waals surface area contributed by atoms with Crippen molar-refractivity contribution in [3.63, 3.8) is 0 Å². The summed E-state index contributed by atoms with van der Waals surface area (Å²) < 4.78 is 32.3. The lowest BCUT2D eigenvalue weighted by Crippen LogP contribution is -2.30. The summed E-state index contributed by atoms with van der Waals surface area (Å²) in [5.74, 6) is 0.279. The minimum absolute atomic E-state index is 0. The summed E-state index contributed by atoms with van der Waals surface area (Å²) in [6.45, 7) is 1.95. The maximum Gasteiger partial charge on any atom is 0.244 e. The van der Waals surface area contributed by atoms with Gasteiger partial charge >= 0.3 is 0 Å². The highest BCUT2D eigenvalue weighted by Gasteiger charge is 2.20. The zero-order valence-corrected chi connectivity index (χ0v) is 13.9. The fourth-order valence-electron chi connectivity index (χ4n) is 1.96. The lowest BCUT2D eigenvalue weighted by atomic mass is 10.1. The molecule has 0 bridgehead atoms. The second-order valence-corrected chi connectivity index (χ2v) is 6.61. The second-order valence-electron chi connectivity index (χ2n) is 4.44. The van der Waals surface area contributed by atoms with E-state index in [1.165, 1.54) is 13.2 Å². The van der Waals surface area contributed by atoms with Crippen LogP contribution in [0.4, 0.5) is 0 Å². The van der Waals surface area contributed by atoms with E-state index in [2.05, 4.69) is 10.0 Å². The highest BCUT2D eigenvalue weighted by Crippen LogP contribution is 2.26. The molecule has 118 valence electrons. The van der Waals surface area contributed by atoms with Crippen molar-refractivity contribution in [2.24, 2.45) is 0 Å². The Labute approximate surface area is 136 Å². The number of halogens is 2. The Morgan fingerprint density at radius 2 is 2.19 bits per heavy atom. The van der Waals surface area contributed by atoms with Crippen LogP contribution in [-0.4, -0.2) is 35.2 Å². The lowest BCUT2D eigenvalue weighted by molar-refractivity contribution is 0.402. The molecule has 0 spiro atoms. The minimum Gasteiger partial charge on any atom is -0.495 e. The van der Waals surface area contributed by atoms with E-state index in [1.54, 1.807) is 12.1 Å². The van der Waals surface area contributed by atoms with Gasteiger partial charge in [0.25, 0.3) is 0 Å². The molecule has 5 nitrogen and oxygen atoms in total. The fourth-order valence-corrected chi connectivity index (χ4v) is 3.42. The van der Waals surface area contributed by atoms with Crippen LogP contribution < -0.4 is 14.8 Å². The number of ether oxygens (including phenoxy) is 1. The SMILES string of the molecule is COc1ccc(Cl)cc1S(=O)(=O)NCC1=CCNCC1.Cl. The predicted octanol–water partition coefficient (Wildman–Crippen LogP) is 1.97. The van der Waals surface area contributed by atoms with E-state index in [4.69, 9.17) is 16.3 Å². The highest BCUT2D eigenvalue weighted by atomic mass is 35.5. The Morgan fingerprint density at radius 3 is 2.81 bits per heavy atom. The number of methoxy groups -OCH3 is 1. The molecule has 0 fully saturated rings. The third-order valence-electron chi connectivity index (χ3n) is 3.06. The van der Waals surface area contributed by atoms with Crippen molar-refractivity contribution in [2.45, 2.75) is 11.3 Å². The molecule has 0 aromatic heterocycles. The average molecular weight is 353 g/mol. The van der Waals surface area contributed by atoms with Crippen LogP contribution in [0.3, 0.4) is 0 Å². The largest absolute Gasteiger partial charge is 0.495 e. The van der Waals surface area contributed by atoms with Crippen LogP contribution in [0.2, 0.25) is 5.02 Å². The first-order valence-corrected chi connectivity index (χ1v) is 8.11. The first-order valence-electron chi connectivity index (χ1n) is 6.25. The van der Waals surface area contributed by atoms with E-state index in [1.807, 2.05) is 6.08 Å². The Hall–Kier alpha value is -0.790. The third-order valence-corrected chi connectivity index (χ3v) is 4.72. The molecule has 0 amide bonds. The maximum atomic E-state index is 12.3. The molecule has 0 unspecified atom stereocenters. The van der Waals surface area contributed by atoms with E-state index < -0.39 is 10.0 Å². The van der Waals surface area contributed by atoms with Crippen molar-refractivity contribution in [3.8, 4) is 5.75 Å². The molecule has 1 aromatic rings. The number of hydrogen-bond acceptors (Lipinski definition) is 4. The van der Waals surface area contributed by atoms with Gasteiger partial charge in [0.15, 0.2) is 0 Å². The van der Waals surface area contributed by atoms with Gasteiger partial charge in [-0.05, 0) is 31.2 Å². The van der Waals surface area contributed by atoms with Crippen molar-refractivity contribution in [1.82, 2.24) is 10.0 Å². The van der Waals surface area contributed by atoms with Gasteiger partial charge < -0.3 is 10.1 Å². The summed E-state index contributed by atoms with van der Waals surface area (Å²) >= 11 is 5.86. The monoisotopic (exact) mass is 352 g/mol. The highest BCUT2D eigenvalue weighted by molar-refractivity contribution is 7.89. The summed E-state index contributed by atoms with van der Waals surface area (Å²) in [6, 6.07) is 4.52. The number of nitrogens with one attached hydrogen (secondary N) is 2. The molecule has 1 heterocycles. The Morgan fingerprint density at radius 1 is 1.43 bits per heavy atom. The van der Waals surface area contributed by atoms with Gasteiger partial charge in [-0.1, -0.05) is 23.3 Å². The number of hydrogen-bond donors (Lipinski definition) is 2. The van der Waals surface area contributed by atoms with Crippen LogP contribution >= 0.6 is 24.0 Å². The van der Waals surface area contributed by atoms with E-state index in [-0.39, 0.29) is 23.1 Å². The maximum absolute atomic E-state index is 12.3. The average Bonchev–Trinajstić information content (AvgIpc) is 2.46. The molecule has 2 rings (SSSR count). The van der Waals surface area contributed by atoms with E-state index in [9.17, 15) is 8.42 Å². The molecule has 0 atom stereocenters. The van der Waals surface area contributed by atoms with Gasteiger partial charge in [-0.3, -0.25) is 0 Å². The Balaban J connectivity index is 0.00000220. The van der Waals surface area contributed by atoms with Gasteiger partial charge in [-0.15, -0.1) is 12.4 Å². The summed E-state index contributed by atoms with van der Waals surface area (Å²) in [5, 5.41) is 3.53. The molecule has 0 saturated heterocycles. The topological polar surface area (TPSA) is 67.4 Å². The van der Waals surface area contributed by atoms with Crippen molar-refractivity contribution in [2.75, 3.05) is 26.7 Å². The zero-order valence-electron chi connectivity index (χ0n) is 11.6. The molecule has 0 saturated carbocycles. The molecule has 8 heteroatoms. The number of rotatable bonds is 5. The molecule has 0 radical (unpaired) electrons. The normalized spacial score (nSPS) is 15.0. The summed E-state index contributed by atoms with van der Waals surface area (Å²) in [5.41, 5.74) is 1.08. The van der Waals surface area contributed by atoms with E-state index in [0.29, 0.717) is 11.6 Å². The Bertz CT molecular complexity index is 618. The van der Waals surface area contributed by atoms with Gasteiger partial charge in [-0.2, -0.15) is 0 Å². The van der Waals surface area contributed by atoms with Crippen LogP contribution in [0, 0.1) is 0 Å². The molecule has 1 aromatic carbocycles. The van der Waals surface area contributed by atoms with Gasteiger partial charge in [0.05, 0.1) is 7.11 Å². The summed E-state index contributed by atoms with van der Waals surface area (Å²) in [7, 11) is -2.22. The van der Waals surface area contributed by atoms with Crippen LogP contribution in [-0.2, 0) is 10.0 Å². The lowest BCUT2D eigenvalue weighted by Gasteiger charge is -2.15.